The second-order valence-corrected chi connectivity index (χ2v) is 3.06. The van der Waals surface area contributed by atoms with Crippen molar-refractivity contribution < 1.29 is 9.84 Å². The SMILES string of the molecule is NCC(O)c1cnc2n1CCOC2. The van der Waals surface area contributed by atoms with Gasteiger partial charge in [-0.3, -0.25) is 0 Å². The van der Waals surface area contributed by atoms with Crippen molar-refractivity contribution in [1.29, 1.82) is 0 Å². The van der Waals surface area contributed by atoms with Gasteiger partial charge in [0.2, 0.25) is 0 Å². The van der Waals surface area contributed by atoms with Gasteiger partial charge >= 0.3 is 0 Å². The lowest BCUT2D eigenvalue weighted by molar-refractivity contribution is 0.0763. The molecule has 0 spiro atoms. The lowest BCUT2D eigenvalue weighted by Gasteiger charge is -2.18. The molecule has 0 radical (unpaired) electrons. The topological polar surface area (TPSA) is 73.3 Å². The molecule has 2 heterocycles. The number of aliphatic hydroxyl groups is 1. The van der Waals surface area contributed by atoms with E-state index in [1.165, 1.54) is 0 Å². The van der Waals surface area contributed by atoms with Crippen molar-refractivity contribution in [2.45, 2.75) is 19.3 Å². The van der Waals surface area contributed by atoms with Crippen LogP contribution in [0, 0.1) is 0 Å². The highest BCUT2D eigenvalue weighted by Gasteiger charge is 2.18. The molecule has 2 rings (SSSR count). The molecule has 0 amide bonds. The van der Waals surface area contributed by atoms with Crippen molar-refractivity contribution in [3.8, 4) is 0 Å². The molecule has 3 N–H and O–H groups in total. The number of nitrogens with two attached hydrogens (primary N) is 1. The van der Waals surface area contributed by atoms with Gasteiger partial charge in [0.25, 0.3) is 0 Å². The molecule has 1 aliphatic heterocycles. The van der Waals surface area contributed by atoms with Crippen LogP contribution in [0.4, 0.5) is 0 Å². The Kier molecular flexibility index (Phi) is 2.30. The zero-order chi connectivity index (χ0) is 9.26. The van der Waals surface area contributed by atoms with E-state index in [0.29, 0.717) is 13.2 Å². The normalized spacial score (nSPS) is 18.3. The van der Waals surface area contributed by atoms with Crippen molar-refractivity contribution in [3.63, 3.8) is 0 Å². The number of hydrogen-bond acceptors (Lipinski definition) is 4. The highest BCUT2D eigenvalue weighted by molar-refractivity contribution is 5.09. The van der Waals surface area contributed by atoms with Crippen molar-refractivity contribution in [2.75, 3.05) is 13.2 Å². The first-order valence-electron chi connectivity index (χ1n) is 4.33. The summed E-state index contributed by atoms with van der Waals surface area (Å²) in [6.07, 6.45) is 1.06. The van der Waals surface area contributed by atoms with Crippen LogP contribution in [0.2, 0.25) is 0 Å². The van der Waals surface area contributed by atoms with Crippen LogP contribution >= 0.6 is 0 Å². The summed E-state index contributed by atoms with van der Waals surface area (Å²) in [4.78, 5) is 4.15. The highest BCUT2D eigenvalue weighted by Crippen LogP contribution is 2.17. The van der Waals surface area contributed by atoms with Crippen LogP contribution in [0.15, 0.2) is 6.20 Å². The third-order valence-electron chi connectivity index (χ3n) is 2.22. The highest BCUT2D eigenvalue weighted by atomic mass is 16.5. The summed E-state index contributed by atoms with van der Waals surface area (Å²) in [6.45, 7) is 2.18. The van der Waals surface area contributed by atoms with Gasteiger partial charge in [-0.05, 0) is 0 Å². The predicted molar refractivity (Wildman–Crippen MR) is 45.9 cm³/mol. The maximum atomic E-state index is 9.55. The van der Waals surface area contributed by atoms with Crippen LogP contribution in [0.25, 0.3) is 0 Å². The van der Waals surface area contributed by atoms with E-state index in [4.69, 9.17) is 10.5 Å². The van der Waals surface area contributed by atoms with Crippen molar-refractivity contribution >= 4 is 0 Å². The maximum Gasteiger partial charge on any atom is 0.135 e. The second-order valence-electron chi connectivity index (χ2n) is 3.06. The first-order chi connectivity index (χ1) is 6.33. The summed E-state index contributed by atoms with van der Waals surface area (Å²) < 4.78 is 7.20. The fourth-order valence-corrected chi connectivity index (χ4v) is 1.51. The molecular formula is C8H13N3O2. The molecule has 0 fully saturated rings. The van der Waals surface area contributed by atoms with Gasteiger partial charge in [0.15, 0.2) is 0 Å². The predicted octanol–water partition coefficient (Wildman–Crippen LogP) is -0.595. The number of ether oxygens (including phenoxy) is 1. The second kappa shape index (κ2) is 3.45. The van der Waals surface area contributed by atoms with Crippen LogP contribution in [0.3, 0.4) is 0 Å². The molecule has 0 saturated carbocycles. The van der Waals surface area contributed by atoms with Gasteiger partial charge in [0.1, 0.15) is 18.5 Å². The Bertz CT molecular complexity index is 298. The summed E-state index contributed by atoms with van der Waals surface area (Å²) >= 11 is 0. The number of aliphatic hydroxyl groups excluding tert-OH is 1. The monoisotopic (exact) mass is 183 g/mol. The molecular weight excluding hydrogens is 170 g/mol. The van der Waals surface area contributed by atoms with Gasteiger partial charge < -0.3 is 20.1 Å². The van der Waals surface area contributed by atoms with E-state index >= 15 is 0 Å². The summed E-state index contributed by atoms with van der Waals surface area (Å²) in [5.74, 6) is 0.869. The fraction of sp³-hybridized carbons (Fsp3) is 0.625. The summed E-state index contributed by atoms with van der Waals surface area (Å²) in [7, 11) is 0. The van der Waals surface area contributed by atoms with Crippen LogP contribution in [-0.4, -0.2) is 27.8 Å². The Morgan fingerprint density at radius 3 is 3.38 bits per heavy atom. The Hall–Kier alpha value is -0.910. The molecule has 1 atom stereocenters. The minimum atomic E-state index is -0.612. The third-order valence-corrected chi connectivity index (χ3v) is 2.22. The molecule has 5 heteroatoms. The Labute approximate surface area is 76.1 Å². The Morgan fingerprint density at radius 2 is 2.62 bits per heavy atom. The van der Waals surface area contributed by atoms with E-state index in [1.807, 2.05) is 4.57 Å². The lowest BCUT2D eigenvalue weighted by Crippen LogP contribution is -2.22. The average Bonchev–Trinajstić information content (AvgIpc) is 2.60. The number of hydrogen-bond donors (Lipinski definition) is 2. The van der Waals surface area contributed by atoms with Crippen LogP contribution in [-0.2, 0) is 17.9 Å². The van der Waals surface area contributed by atoms with Gasteiger partial charge in [-0.25, -0.2) is 4.98 Å². The molecule has 0 aromatic carbocycles. The maximum absolute atomic E-state index is 9.55. The minimum absolute atomic E-state index is 0.228. The van der Waals surface area contributed by atoms with Crippen LogP contribution in [0.1, 0.15) is 17.6 Å². The molecule has 0 saturated heterocycles. The van der Waals surface area contributed by atoms with E-state index in [2.05, 4.69) is 4.98 Å². The number of fused-ring (bicyclic) bond motifs is 1. The minimum Gasteiger partial charge on any atom is -0.385 e. The van der Waals surface area contributed by atoms with Crippen molar-refractivity contribution in [1.82, 2.24) is 9.55 Å². The smallest absolute Gasteiger partial charge is 0.135 e. The molecule has 0 aliphatic carbocycles. The van der Waals surface area contributed by atoms with Crippen molar-refractivity contribution in [3.05, 3.63) is 17.7 Å². The molecule has 1 aromatic rings. The van der Waals surface area contributed by atoms with E-state index in [-0.39, 0.29) is 6.54 Å². The van der Waals surface area contributed by atoms with Gasteiger partial charge in [0, 0.05) is 13.1 Å². The number of aromatic nitrogens is 2. The molecule has 1 unspecified atom stereocenters. The van der Waals surface area contributed by atoms with Gasteiger partial charge in [-0.2, -0.15) is 0 Å². The number of rotatable bonds is 2. The van der Waals surface area contributed by atoms with Gasteiger partial charge in [-0.15, -0.1) is 0 Å². The molecule has 0 bridgehead atoms. The van der Waals surface area contributed by atoms with Gasteiger partial charge in [0.05, 0.1) is 18.5 Å². The Balaban J connectivity index is 2.31. The van der Waals surface area contributed by atoms with E-state index in [1.54, 1.807) is 6.20 Å². The molecule has 13 heavy (non-hydrogen) atoms. The zero-order valence-corrected chi connectivity index (χ0v) is 7.31. The van der Waals surface area contributed by atoms with E-state index in [9.17, 15) is 5.11 Å². The Morgan fingerprint density at radius 1 is 1.77 bits per heavy atom. The first-order valence-corrected chi connectivity index (χ1v) is 4.33. The summed E-state index contributed by atoms with van der Waals surface area (Å²) in [5.41, 5.74) is 6.17. The van der Waals surface area contributed by atoms with Gasteiger partial charge in [-0.1, -0.05) is 0 Å². The van der Waals surface area contributed by atoms with Crippen LogP contribution < -0.4 is 5.73 Å². The lowest BCUT2D eigenvalue weighted by atomic mass is 10.2. The first kappa shape index (κ1) is 8.68. The van der Waals surface area contributed by atoms with E-state index < -0.39 is 6.10 Å². The largest absolute Gasteiger partial charge is 0.385 e. The average molecular weight is 183 g/mol. The number of imidazole rings is 1. The summed E-state index contributed by atoms with van der Waals surface area (Å²) in [6, 6.07) is 0. The fourth-order valence-electron chi connectivity index (χ4n) is 1.51. The molecule has 1 aromatic heterocycles. The van der Waals surface area contributed by atoms with Crippen LogP contribution in [0.5, 0.6) is 0 Å². The standard InChI is InChI=1S/C8H13N3O2/c9-3-7(12)6-4-10-8-5-13-2-1-11(6)8/h4,7,12H,1-3,5,9H2. The molecule has 1 aliphatic rings. The zero-order valence-electron chi connectivity index (χ0n) is 7.31. The van der Waals surface area contributed by atoms with Crippen molar-refractivity contribution in [2.24, 2.45) is 5.73 Å². The summed E-state index contributed by atoms with van der Waals surface area (Å²) in [5, 5.41) is 9.55. The molecule has 72 valence electrons. The molecule has 5 nitrogen and oxygen atoms in total. The third kappa shape index (κ3) is 1.46. The van der Waals surface area contributed by atoms with E-state index in [0.717, 1.165) is 18.1 Å². The quantitative estimate of drug-likeness (QED) is 0.642. The number of nitrogens with zero attached hydrogens (tertiary/aromatic N) is 2.